The molecule has 0 saturated heterocycles. The largest absolute Gasteiger partial charge is 0.434 e. The second-order valence-corrected chi connectivity index (χ2v) is 5.72. The molecule has 3 aromatic rings. The first-order valence-corrected chi connectivity index (χ1v) is 7.98. The lowest BCUT2D eigenvalue weighted by Crippen LogP contribution is -2.17. The Balaban J connectivity index is 1.87. The fourth-order valence-electron chi connectivity index (χ4n) is 2.43. The van der Waals surface area contributed by atoms with E-state index < -0.39 is 12.5 Å². The number of amides is 1. The summed E-state index contributed by atoms with van der Waals surface area (Å²) in [6.07, 6.45) is 1.29. The number of hydrogen-bond donors (Lipinski definition) is 1. The van der Waals surface area contributed by atoms with Crippen LogP contribution in [0, 0.1) is 0 Å². The Labute approximate surface area is 153 Å². The molecular formula is C19H13ClF2N2O2. The molecule has 0 aliphatic rings. The van der Waals surface area contributed by atoms with Crippen LogP contribution < -0.4 is 10.2 Å². The summed E-state index contributed by atoms with van der Waals surface area (Å²) in [4.78, 5) is 12.1. The van der Waals surface area contributed by atoms with Gasteiger partial charge >= 0.3 is 6.61 Å². The van der Waals surface area contributed by atoms with Crippen LogP contribution in [0.4, 0.5) is 8.78 Å². The van der Waals surface area contributed by atoms with Crippen LogP contribution in [0.3, 0.4) is 0 Å². The van der Waals surface area contributed by atoms with Crippen LogP contribution in [0.25, 0.3) is 10.8 Å². The zero-order valence-electron chi connectivity index (χ0n) is 13.3. The van der Waals surface area contributed by atoms with Crippen molar-refractivity contribution in [3.63, 3.8) is 0 Å². The van der Waals surface area contributed by atoms with Crippen molar-refractivity contribution >= 4 is 34.5 Å². The van der Waals surface area contributed by atoms with E-state index in [0.29, 0.717) is 21.5 Å². The van der Waals surface area contributed by atoms with E-state index in [4.69, 9.17) is 11.6 Å². The SMILES string of the molecule is O=C(N/N=C\c1c(OC(F)F)ccc2ccccc12)c1ccc(Cl)cc1. The maximum absolute atomic E-state index is 12.7. The van der Waals surface area contributed by atoms with Crippen LogP contribution in [0.15, 0.2) is 65.8 Å². The fourth-order valence-corrected chi connectivity index (χ4v) is 2.55. The molecule has 0 radical (unpaired) electrons. The van der Waals surface area contributed by atoms with Gasteiger partial charge in [-0.2, -0.15) is 13.9 Å². The minimum Gasteiger partial charge on any atom is -0.434 e. The van der Waals surface area contributed by atoms with Gasteiger partial charge in [0.15, 0.2) is 0 Å². The van der Waals surface area contributed by atoms with Gasteiger partial charge in [-0.05, 0) is 41.1 Å². The topological polar surface area (TPSA) is 50.7 Å². The number of carbonyl (C=O) groups is 1. The van der Waals surface area contributed by atoms with E-state index in [1.54, 1.807) is 42.5 Å². The van der Waals surface area contributed by atoms with Crippen molar-refractivity contribution in [1.29, 1.82) is 0 Å². The molecule has 0 fully saturated rings. The quantitative estimate of drug-likeness (QED) is 0.512. The van der Waals surface area contributed by atoms with Crippen LogP contribution in [0.2, 0.25) is 5.02 Å². The first-order valence-electron chi connectivity index (χ1n) is 7.60. The zero-order valence-corrected chi connectivity index (χ0v) is 14.1. The van der Waals surface area contributed by atoms with Crippen molar-refractivity contribution in [2.75, 3.05) is 0 Å². The van der Waals surface area contributed by atoms with Gasteiger partial charge in [-0.25, -0.2) is 5.43 Å². The summed E-state index contributed by atoms with van der Waals surface area (Å²) in [6, 6.07) is 16.6. The second-order valence-electron chi connectivity index (χ2n) is 5.28. The molecule has 0 aliphatic carbocycles. The molecule has 0 unspecified atom stereocenters. The molecule has 0 atom stereocenters. The van der Waals surface area contributed by atoms with Crippen molar-refractivity contribution in [2.45, 2.75) is 6.61 Å². The third-order valence-corrected chi connectivity index (χ3v) is 3.86. The molecule has 7 heteroatoms. The van der Waals surface area contributed by atoms with E-state index in [1.165, 1.54) is 12.3 Å². The highest BCUT2D eigenvalue weighted by atomic mass is 35.5. The maximum atomic E-state index is 12.7. The molecule has 4 nitrogen and oxygen atoms in total. The first-order chi connectivity index (χ1) is 12.5. The Kier molecular flexibility index (Phi) is 5.43. The third-order valence-electron chi connectivity index (χ3n) is 3.61. The van der Waals surface area contributed by atoms with E-state index in [1.807, 2.05) is 12.1 Å². The minimum atomic E-state index is -2.97. The number of alkyl halides is 2. The minimum absolute atomic E-state index is 0.0248. The number of fused-ring (bicyclic) bond motifs is 1. The van der Waals surface area contributed by atoms with Crippen LogP contribution in [-0.4, -0.2) is 18.7 Å². The summed E-state index contributed by atoms with van der Waals surface area (Å²) >= 11 is 5.78. The van der Waals surface area contributed by atoms with Gasteiger partial charge in [0.05, 0.1) is 6.21 Å². The van der Waals surface area contributed by atoms with Crippen LogP contribution >= 0.6 is 11.6 Å². The normalized spacial score (nSPS) is 11.2. The summed E-state index contributed by atoms with van der Waals surface area (Å²) in [5, 5.41) is 5.89. The van der Waals surface area contributed by atoms with Crippen LogP contribution in [0.5, 0.6) is 5.75 Å². The molecule has 1 amide bonds. The van der Waals surface area contributed by atoms with E-state index >= 15 is 0 Å². The molecule has 3 rings (SSSR count). The average molecular weight is 375 g/mol. The first kappa shape index (κ1) is 17.8. The molecule has 1 N–H and O–H groups in total. The van der Waals surface area contributed by atoms with Gasteiger partial charge in [0, 0.05) is 16.1 Å². The Hall–Kier alpha value is -2.99. The Morgan fingerprint density at radius 2 is 1.81 bits per heavy atom. The number of rotatable bonds is 5. The molecule has 0 aromatic heterocycles. The van der Waals surface area contributed by atoms with Gasteiger partial charge in [0.1, 0.15) is 5.75 Å². The molecule has 0 aliphatic heterocycles. The van der Waals surface area contributed by atoms with Gasteiger partial charge in [0.25, 0.3) is 5.91 Å². The van der Waals surface area contributed by atoms with E-state index in [-0.39, 0.29) is 5.75 Å². The Morgan fingerprint density at radius 3 is 2.54 bits per heavy atom. The number of benzene rings is 3. The van der Waals surface area contributed by atoms with Crippen molar-refractivity contribution in [2.24, 2.45) is 5.10 Å². The average Bonchev–Trinajstić information content (AvgIpc) is 2.63. The molecule has 0 saturated carbocycles. The maximum Gasteiger partial charge on any atom is 0.387 e. The third kappa shape index (κ3) is 4.15. The summed E-state index contributed by atoms with van der Waals surface area (Å²) in [6.45, 7) is -2.97. The van der Waals surface area contributed by atoms with Gasteiger partial charge in [0.2, 0.25) is 0 Å². The Bertz CT molecular complexity index is 959. The fraction of sp³-hybridized carbons (Fsp3) is 0.0526. The van der Waals surface area contributed by atoms with Crippen molar-refractivity contribution in [1.82, 2.24) is 5.43 Å². The lowest BCUT2D eigenvalue weighted by molar-refractivity contribution is -0.0498. The zero-order chi connectivity index (χ0) is 18.5. The standard InChI is InChI=1S/C19H13ClF2N2O2/c20-14-8-5-13(6-9-14)18(25)24-23-11-16-15-4-2-1-3-12(15)7-10-17(16)26-19(21)22/h1-11,19H,(H,24,25)/b23-11-. The molecule has 0 spiro atoms. The van der Waals surface area contributed by atoms with E-state index in [9.17, 15) is 13.6 Å². The van der Waals surface area contributed by atoms with Gasteiger partial charge < -0.3 is 4.74 Å². The molecule has 3 aromatic carbocycles. The van der Waals surface area contributed by atoms with Gasteiger partial charge in [-0.3, -0.25) is 4.79 Å². The smallest absolute Gasteiger partial charge is 0.387 e. The second kappa shape index (κ2) is 7.93. The Morgan fingerprint density at radius 1 is 1.08 bits per heavy atom. The van der Waals surface area contributed by atoms with Crippen molar-refractivity contribution < 1.29 is 18.3 Å². The summed E-state index contributed by atoms with van der Waals surface area (Å²) < 4.78 is 29.9. The molecule has 0 bridgehead atoms. The van der Waals surface area contributed by atoms with E-state index in [2.05, 4.69) is 15.3 Å². The lowest BCUT2D eigenvalue weighted by Gasteiger charge is -2.10. The summed E-state index contributed by atoms with van der Waals surface area (Å²) in [5.41, 5.74) is 3.07. The number of halogens is 3. The predicted molar refractivity (Wildman–Crippen MR) is 97.1 cm³/mol. The van der Waals surface area contributed by atoms with Gasteiger partial charge in [-0.1, -0.05) is 41.9 Å². The number of ether oxygens (including phenoxy) is 1. The van der Waals surface area contributed by atoms with Crippen LogP contribution in [-0.2, 0) is 0 Å². The number of nitrogens with one attached hydrogen (secondary N) is 1. The van der Waals surface area contributed by atoms with Crippen molar-refractivity contribution in [3.05, 3.63) is 76.8 Å². The molecule has 26 heavy (non-hydrogen) atoms. The lowest BCUT2D eigenvalue weighted by atomic mass is 10.0. The predicted octanol–water partition coefficient (Wildman–Crippen LogP) is 4.86. The summed E-state index contributed by atoms with van der Waals surface area (Å²) in [5.74, 6) is -0.474. The highest BCUT2D eigenvalue weighted by molar-refractivity contribution is 6.30. The highest BCUT2D eigenvalue weighted by Crippen LogP contribution is 2.27. The molecule has 0 heterocycles. The number of nitrogens with zero attached hydrogens (tertiary/aromatic N) is 1. The van der Waals surface area contributed by atoms with Gasteiger partial charge in [-0.15, -0.1) is 0 Å². The molecular weight excluding hydrogens is 362 g/mol. The number of carbonyl (C=O) groups excluding carboxylic acids is 1. The number of hydrazone groups is 1. The van der Waals surface area contributed by atoms with Crippen molar-refractivity contribution in [3.8, 4) is 5.75 Å². The molecule has 132 valence electrons. The monoisotopic (exact) mass is 374 g/mol. The highest BCUT2D eigenvalue weighted by Gasteiger charge is 2.12. The summed E-state index contributed by atoms with van der Waals surface area (Å²) in [7, 11) is 0. The number of hydrogen-bond acceptors (Lipinski definition) is 3. The van der Waals surface area contributed by atoms with Crippen LogP contribution in [0.1, 0.15) is 15.9 Å². The van der Waals surface area contributed by atoms with E-state index in [0.717, 1.165) is 5.39 Å².